The van der Waals surface area contributed by atoms with E-state index < -0.39 is 0 Å². The summed E-state index contributed by atoms with van der Waals surface area (Å²) in [6.45, 7) is 0.962. The number of rotatable bonds is 5. The molecule has 6 heteroatoms. The normalized spacial score (nSPS) is 11.4. The molecule has 0 bridgehead atoms. The van der Waals surface area contributed by atoms with Crippen LogP contribution in [0.25, 0.3) is 17.2 Å². The van der Waals surface area contributed by atoms with Crippen LogP contribution in [0.1, 0.15) is 11.1 Å². The number of fused-ring (bicyclic) bond motifs is 1. The van der Waals surface area contributed by atoms with Gasteiger partial charge in [-0.25, -0.2) is 9.67 Å². The van der Waals surface area contributed by atoms with Crippen molar-refractivity contribution in [3.05, 3.63) is 94.5 Å². The molecule has 0 spiro atoms. The average molecular weight is 343 g/mol. The highest BCUT2D eigenvalue weighted by molar-refractivity contribution is 5.67. The first-order valence-corrected chi connectivity index (χ1v) is 8.35. The van der Waals surface area contributed by atoms with Gasteiger partial charge < -0.3 is 0 Å². The van der Waals surface area contributed by atoms with Gasteiger partial charge in [-0.1, -0.05) is 78.0 Å². The van der Waals surface area contributed by atoms with Crippen LogP contribution in [0.3, 0.4) is 0 Å². The Bertz CT molecular complexity index is 1100. The summed E-state index contributed by atoms with van der Waals surface area (Å²) in [5.74, 6) is 0. The molecule has 0 aliphatic heterocycles. The summed E-state index contributed by atoms with van der Waals surface area (Å²) in [5.41, 5.74) is 2.77. The Labute approximate surface area is 150 Å². The molecule has 0 fully saturated rings. The topological polar surface area (TPSA) is 65.6 Å². The highest BCUT2D eigenvalue weighted by Gasteiger charge is 2.11. The first-order valence-electron chi connectivity index (χ1n) is 8.35. The molecule has 0 aliphatic rings. The average Bonchev–Trinajstić information content (AvgIpc) is 3.09. The second kappa shape index (κ2) is 7.14. The van der Waals surface area contributed by atoms with E-state index in [-0.39, 0.29) is 11.1 Å². The van der Waals surface area contributed by atoms with Crippen LogP contribution in [-0.4, -0.2) is 24.5 Å². The van der Waals surface area contributed by atoms with Gasteiger partial charge in [-0.15, -0.1) is 5.10 Å². The van der Waals surface area contributed by atoms with Crippen LogP contribution >= 0.6 is 0 Å². The Kier molecular flexibility index (Phi) is 4.38. The maximum absolute atomic E-state index is 12.6. The number of allylic oxidation sites excluding steroid dienone is 1. The molecule has 0 saturated heterocycles. The van der Waals surface area contributed by atoms with E-state index in [0.29, 0.717) is 18.7 Å². The lowest BCUT2D eigenvalue weighted by molar-refractivity contribution is 0.663. The Hall–Kier alpha value is -3.54. The highest BCUT2D eigenvalue weighted by atomic mass is 16.1. The molecule has 0 radical (unpaired) electrons. The van der Waals surface area contributed by atoms with Gasteiger partial charge in [-0.3, -0.25) is 9.36 Å². The quantitative estimate of drug-likeness (QED) is 0.559. The van der Waals surface area contributed by atoms with Crippen LogP contribution in [0.4, 0.5) is 0 Å². The van der Waals surface area contributed by atoms with Crippen molar-refractivity contribution in [3.8, 4) is 0 Å². The number of benzene rings is 2. The van der Waals surface area contributed by atoms with Gasteiger partial charge in [0.25, 0.3) is 5.56 Å². The van der Waals surface area contributed by atoms with Crippen LogP contribution in [0.2, 0.25) is 0 Å². The molecule has 0 saturated carbocycles. The third kappa shape index (κ3) is 3.30. The monoisotopic (exact) mass is 343 g/mol. The lowest BCUT2D eigenvalue weighted by Crippen LogP contribution is -2.20. The zero-order valence-electron chi connectivity index (χ0n) is 14.1. The summed E-state index contributed by atoms with van der Waals surface area (Å²) >= 11 is 0. The van der Waals surface area contributed by atoms with Gasteiger partial charge in [0.05, 0.1) is 6.54 Å². The van der Waals surface area contributed by atoms with Gasteiger partial charge in [0.1, 0.15) is 6.33 Å². The summed E-state index contributed by atoms with van der Waals surface area (Å²) in [6, 6.07) is 19.8. The maximum atomic E-state index is 12.6. The fourth-order valence-electron chi connectivity index (χ4n) is 2.75. The Morgan fingerprint density at radius 3 is 2.46 bits per heavy atom. The summed E-state index contributed by atoms with van der Waals surface area (Å²) in [4.78, 5) is 17.0. The summed E-state index contributed by atoms with van der Waals surface area (Å²) in [5, 5.41) is 8.13. The SMILES string of the molecule is O=c1c2nnn(Cc3ccccc3)c2ncn1C/C=C/c1ccccc1. The third-order valence-electron chi connectivity index (χ3n) is 4.08. The Morgan fingerprint density at radius 2 is 1.69 bits per heavy atom. The van der Waals surface area contributed by atoms with Crippen molar-refractivity contribution in [3.63, 3.8) is 0 Å². The first-order chi connectivity index (χ1) is 12.8. The molecule has 2 heterocycles. The molecule has 26 heavy (non-hydrogen) atoms. The molecule has 2 aromatic carbocycles. The zero-order valence-corrected chi connectivity index (χ0v) is 14.1. The Balaban J connectivity index is 1.58. The summed E-state index contributed by atoms with van der Waals surface area (Å²) in [7, 11) is 0. The van der Waals surface area contributed by atoms with E-state index >= 15 is 0 Å². The Morgan fingerprint density at radius 1 is 0.962 bits per heavy atom. The minimum atomic E-state index is -0.188. The van der Waals surface area contributed by atoms with Gasteiger partial charge in [0, 0.05) is 6.54 Å². The van der Waals surface area contributed by atoms with Crippen LogP contribution in [0, 0.1) is 0 Å². The van der Waals surface area contributed by atoms with Crippen LogP contribution < -0.4 is 5.56 Å². The maximum Gasteiger partial charge on any atom is 0.283 e. The lowest BCUT2D eigenvalue weighted by atomic mass is 10.2. The van der Waals surface area contributed by atoms with Gasteiger partial charge in [0.2, 0.25) is 0 Å². The smallest absolute Gasteiger partial charge is 0.283 e. The fourth-order valence-corrected chi connectivity index (χ4v) is 2.75. The van der Waals surface area contributed by atoms with Crippen LogP contribution in [0.5, 0.6) is 0 Å². The van der Waals surface area contributed by atoms with E-state index in [2.05, 4.69) is 15.3 Å². The largest absolute Gasteiger partial charge is 0.293 e. The summed E-state index contributed by atoms with van der Waals surface area (Å²) in [6.07, 6.45) is 5.45. The predicted octanol–water partition coefficient (Wildman–Crippen LogP) is 2.75. The third-order valence-corrected chi connectivity index (χ3v) is 4.08. The minimum absolute atomic E-state index is 0.188. The lowest BCUT2D eigenvalue weighted by Gasteiger charge is -2.03. The zero-order chi connectivity index (χ0) is 17.8. The van der Waals surface area contributed by atoms with Gasteiger partial charge >= 0.3 is 0 Å². The van der Waals surface area contributed by atoms with Crippen molar-refractivity contribution in [2.24, 2.45) is 0 Å². The molecule has 0 aliphatic carbocycles. The molecule has 4 aromatic rings. The highest BCUT2D eigenvalue weighted by Crippen LogP contribution is 2.07. The molecule has 0 N–H and O–H groups in total. The van der Waals surface area contributed by atoms with Crippen molar-refractivity contribution < 1.29 is 0 Å². The molecular formula is C20H17N5O. The van der Waals surface area contributed by atoms with Gasteiger partial charge in [-0.05, 0) is 11.1 Å². The molecule has 0 unspecified atom stereocenters. The predicted molar refractivity (Wildman–Crippen MR) is 101 cm³/mol. The molecule has 4 rings (SSSR count). The number of nitrogens with zero attached hydrogens (tertiary/aromatic N) is 5. The molecule has 0 atom stereocenters. The van der Waals surface area contributed by atoms with Crippen LogP contribution in [0.15, 0.2) is 77.9 Å². The van der Waals surface area contributed by atoms with Crippen molar-refractivity contribution in [1.82, 2.24) is 24.5 Å². The van der Waals surface area contributed by atoms with E-state index in [4.69, 9.17) is 0 Å². The molecule has 6 nitrogen and oxygen atoms in total. The fraction of sp³-hybridized carbons (Fsp3) is 0.100. The summed E-state index contributed by atoms with van der Waals surface area (Å²) < 4.78 is 3.18. The van der Waals surface area contributed by atoms with Gasteiger partial charge in [-0.2, -0.15) is 0 Å². The number of aromatic nitrogens is 5. The standard InChI is InChI=1S/C20H17N5O/c26-20-18-19(25(23-22-18)14-17-10-5-2-6-11-17)21-15-24(20)13-7-12-16-8-3-1-4-9-16/h1-12,15H,13-14H2/b12-7+. The molecular weight excluding hydrogens is 326 g/mol. The number of hydrogen-bond acceptors (Lipinski definition) is 4. The second-order valence-corrected chi connectivity index (χ2v) is 5.92. The van der Waals surface area contributed by atoms with E-state index in [1.54, 1.807) is 11.0 Å². The second-order valence-electron chi connectivity index (χ2n) is 5.92. The molecule has 128 valence electrons. The molecule has 0 amide bonds. The first kappa shape index (κ1) is 16.0. The van der Waals surface area contributed by atoms with E-state index in [0.717, 1.165) is 11.1 Å². The van der Waals surface area contributed by atoms with Crippen LogP contribution in [-0.2, 0) is 13.1 Å². The number of hydrogen-bond donors (Lipinski definition) is 0. The van der Waals surface area contributed by atoms with Crippen molar-refractivity contribution in [1.29, 1.82) is 0 Å². The van der Waals surface area contributed by atoms with Gasteiger partial charge in [0.15, 0.2) is 11.2 Å². The minimum Gasteiger partial charge on any atom is -0.293 e. The van der Waals surface area contributed by atoms with E-state index in [1.807, 2.05) is 72.8 Å². The van der Waals surface area contributed by atoms with E-state index in [1.165, 1.54) is 4.57 Å². The van der Waals surface area contributed by atoms with E-state index in [9.17, 15) is 4.79 Å². The van der Waals surface area contributed by atoms with Crippen molar-refractivity contribution in [2.75, 3.05) is 0 Å². The molecule has 2 aromatic heterocycles. The van der Waals surface area contributed by atoms with Crippen molar-refractivity contribution >= 4 is 17.2 Å². The van der Waals surface area contributed by atoms with Crippen molar-refractivity contribution in [2.45, 2.75) is 13.1 Å².